The first kappa shape index (κ1) is 19.2. The summed E-state index contributed by atoms with van der Waals surface area (Å²) < 4.78 is 0. The van der Waals surface area contributed by atoms with Gasteiger partial charge in [-0.25, -0.2) is 0 Å². The number of carbonyl (C=O) groups is 1. The van der Waals surface area contributed by atoms with E-state index in [9.17, 15) is 4.79 Å². The topological polar surface area (TPSA) is 45.0 Å². The zero-order valence-electron chi connectivity index (χ0n) is 16.1. The van der Waals surface area contributed by atoms with Crippen LogP contribution in [0, 0.1) is 6.92 Å². The Morgan fingerprint density at radius 2 is 1.59 bits per heavy atom. The molecular formula is C24H21N3OS. The summed E-state index contributed by atoms with van der Waals surface area (Å²) in [5.41, 5.74) is 4.13. The molecule has 0 saturated carbocycles. The summed E-state index contributed by atoms with van der Waals surface area (Å²) in [6.07, 6.45) is 2.36. The van der Waals surface area contributed by atoms with Gasteiger partial charge in [-0.1, -0.05) is 90.1 Å². The van der Waals surface area contributed by atoms with Crippen LogP contribution in [0.4, 0.5) is 5.69 Å². The largest absolute Gasteiger partial charge is 0.273 e. The second kappa shape index (κ2) is 8.88. The minimum atomic E-state index is -0.219. The Morgan fingerprint density at radius 1 is 0.931 bits per heavy atom. The minimum absolute atomic E-state index is 0.0374. The quantitative estimate of drug-likeness (QED) is 0.444. The van der Waals surface area contributed by atoms with Gasteiger partial charge < -0.3 is 0 Å². The fourth-order valence-corrected chi connectivity index (χ4v) is 4.23. The monoisotopic (exact) mass is 399 g/mol. The second-order valence-corrected chi connectivity index (χ2v) is 8.01. The molecule has 0 unspecified atom stereocenters. The molecule has 0 aliphatic carbocycles. The molecular weight excluding hydrogens is 378 g/mol. The van der Waals surface area contributed by atoms with Crippen LogP contribution in [0.1, 0.15) is 16.7 Å². The third-order valence-corrected chi connectivity index (χ3v) is 5.77. The van der Waals surface area contributed by atoms with Crippen molar-refractivity contribution in [1.29, 1.82) is 0 Å². The van der Waals surface area contributed by atoms with Gasteiger partial charge in [0.15, 0.2) is 5.17 Å². The fourth-order valence-electron chi connectivity index (χ4n) is 3.10. The molecule has 0 bridgehead atoms. The first-order valence-electron chi connectivity index (χ1n) is 9.48. The van der Waals surface area contributed by atoms with E-state index in [2.05, 4.69) is 41.4 Å². The lowest BCUT2D eigenvalue weighted by atomic mass is 10.1. The third-order valence-electron chi connectivity index (χ3n) is 4.64. The van der Waals surface area contributed by atoms with Crippen molar-refractivity contribution < 1.29 is 4.79 Å². The van der Waals surface area contributed by atoms with E-state index in [0.717, 1.165) is 16.8 Å². The molecule has 1 atom stereocenters. The van der Waals surface area contributed by atoms with Crippen LogP contribution in [0.25, 0.3) is 0 Å². The summed E-state index contributed by atoms with van der Waals surface area (Å²) in [5.74, 6) is 0.0374. The smallest absolute Gasteiger partial charge is 0.247 e. The van der Waals surface area contributed by atoms with Crippen LogP contribution in [0.5, 0.6) is 0 Å². The first-order chi connectivity index (χ1) is 14.2. The van der Waals surface area contributed by atoms with Crippen molar-refractivity contribution in [2.24, 2.45) is 10.2 Å². The summed E-state index contributed by atoms with van der Waals surface area (Å²) >= 11 is 1.47. The van der Waals surface area contributed by atoms with Crippen molar-refractivity contribution >= 4 is 34.7 Å². The summed E-state index contributed by atoms with van der Waals surface area (Å²) in [4.78, 5) is 14.9. The normalized spacial score (nSPS) is 18.1. The molecule has 3 aromatic carbocycles. The highest BCUT2D eigenvalue weighted by Crippen LogP contribution is 2.33. The Bertz CT molecular complexity index is 1030. The number of para-hydroxylation sites is 1. The molecule has 0 radical (unpaired) electrons. The zero-order valence-corrected chi connectivity index (χ0v) is 16.9. The van der Waals surface area contributed by atoms with E-state index in [1.165, 1.54) is 17.3 Å². The number of hydrogen-bond donors (Lipinski definition) is 0. The number of rotatable bonds is 5. The average molecular weight is 400 g/mol. The fraction of sp³-hybridized carbons (Fsp3) is 0.125. The highest BCUT2D eigenvalue weighted by Gasteiger charge is 2.39. The molecule has 3 aromatic rings. The van der Waals surface area contributed by atoms with Crippen molar-refractivity contribution in [1.82, 2.24) is 0 Å². The molecule has 144 valence electrons. The number of benzene rings is 3. The number of thioether (sulfide) groups is 1. The van der Waals surface area contributed by atoms with Gasteiger partial charge in [0.05, 0.1) is 17.2 Å². The predicted octanol–water partition coefficient (Wildman–Crippen LogP) is 5.08. The van der Waals surface area contributed by atoms with Gasteiger partial charge in [-0.2, -0.15) is 5.10 Å². The molecule has 1 aliphatic heterocycles. The Balaban J connectivity index is 1.60. The van der Waals surface area contributed by atoms with Gasteiger partial charge in [0, 0.05) is 0 Å². The summed E-state index contributed by atoms with van der Waals surface area (Å²) in [6, 6.07) is 27.7. The van der Waals surface area contributed by atoms with Crippen LogP contribution in [-0.2, 0) is 11.2 Å². The molecule has 5 heteroatoms. The molecule has 0 spiro atoms. The molecule has 0 aromatic heterocycles. The van der Waals surface area contributed by atoms with E-state index in [1.807, 2.05) is 60.7 Å². The van der Waals surface area contributed by atoms with Crippen molar-refractivity contribution in [2.45, 2.75) is 18.6 Å². The van der Waals surface area contributed by atoms with E-state index in [-0.39, 0.29) is 11.2 Å². The number of aryl methyl sites for hydroxylation is 1. The van der Waals surface area contributed by atoms with Crippen LogP contribution in [0.2, 0.25) is 0 Å². The lowest BCUT2D eigenvalue weighted by molar-refractivity contribution is -0.116. The minimum Gasteiger partial charge on any atom is -0.273 e. The molecule has 1 heterocycles. The molecule has 1 aliphatic rings. The van der Waals surface area contributed by atoms with Crippen LogP contribution in [0.3, 0.4) is 0 Å². The van der Waals surface area contributed by atoms with Gasteiger partial charge in [0.25, 0.3) is 0 Å². The maximum absolute atomic E-state index is 13.2. The Morgan fingerprint density at radius 3 is 2.28 bits per heavy atom. The standard InChI is InChI=1S/C24H21N3OS/c1-18-12-14-19(15-13-18)16-22-23(28)27(21-10-6-3-7-11-21)24(29-22)26-25-17-20-8-4-2-5-9-20/h2-15,17,22H,16H2,1H3/b25-17-,26-24+/t22-/m0/s1. The van der Waals surface area contributed by atoms with Crippen LogP contribution >= 0.6 is 11.8 Å². The third kappa shape index (κ3) is 4.63. The van der Waals surface area contributed by atoms with E-state index < -0.39 is 0 Å². The van der Waals surface area contributed by atoms with Gasteiger partial charge >= 0.3 is 0 Å². The average Bonchev–Trinajstić information content (AvgIpc) is 3.06. The Kier molecular flexibility index (Phi) is 5.86. The summed E-state index contributed by atoms with van der Waals surface area (Å²) in [7, 11) is 0. The van der Waals surface area contributed by atoms with Gasteiger partial charge in [0.2, 0.25) is 5.91 Å². The van der Waals surface area contributed by atoms with Crippen LogP contribution in [0.15, 0.2) is 95.1 Å². The van der Waals surface area contributed by atoms with Crippen LogP contribution in [-0.4, -0.2) is 22.5 Å². The van der Waals surface area contributed by atoms with Crippen molar-refractivity contribution in [3.8, 4) is 0 Å². The summed E-state index contributed by atoms with van der Waals surface area (Å²) in [5, 5.41) is 9.01. The lowest BCUT2D eigenvalue weighted by Crippen LogP contribution is -2.32. The number of nitrogens with zero attached hydrogens (tertiary/aromatic N) is 3. The molecule has 1 fully saturated rings. The molecule has 4 nitrogen and oxygen atoms in total. The van der Waals surface area contributed by atoms with Crippen LogP contribution < -0.4 is 4.90 Å². The Hall–Kier alpha value is -3.18. The highest BCUT2D eigenvalue weighted by molar-refractivity contribution is 8.16. The van der Waals surface area contributed by atoms with Crippen molar-refractivity contribution in [2.75, 3.05) is 4.90 Å². The summed E-state index contributed by atoms with van der Waals surface area (Å²) in [6.45, 7) is 2.06. The number of hydrogen-bond acceptors (Lipinski definition) is 4. The number of anilines is 1. The van der Waals surface area contributed by atoms with Gasteiger partial charge in [0.1, 0.15) is 0 Å². The highest BCUT2D eigenvalue weighted by atomic mass is 32.2. The molecule has 1 saturated heterocycles. The van der Waals surface area contributed by atoms with E-state index in [4.69, 9.17) is 0 Å². The van der Waals surface area contributed by atoms with Crippen molar-refractivity contribution in [3.05, 3.63) is 102 Å². The Labute approximate surface area is 175 Å². The van der Waals surface area contributed by atoms with Gasteiger partial charge in [-0.15, -0.1) is 5.10 Å². The molecule has 1 amide bonds. The lowest BCUT2D eigenvalue weighted by Gasteiger charge is -2.15. The zero-order chi connectivity index (χ0) is 20.1. The van der Waals surface area contributed by atoms with Crippen molar-refractivity contribution in [3.63, 3.8) is 0 Å². The van der Waals surface area contributed by atoms with E-state index in [0.29, 0.717) is 11.6 Å². The second-order valence-electron chi connectivity index (χ2n) is 6.84. The maximum atomic E-state index is 13.2. The van der Waals surface area contributed by atoms with Gasteiger partial charge in [-0.05, 0) is 36.6 Å². The number of carbonyl (C=O) groups excluding carboxylic acids is 1. The molecule has 29 heavy (non-hydrogen) atoms. The number of amides is 1. The van der Waals surface area contributed by atoms with E-state index >= 15 is 0 Å². The van der Waals surface area contributed by atoms with E-state index in [1.54, 1.807) is 11.1 Å². The first-order valence-corrected chi connectivity index (χ1v) is 10.4. The van der Waals surface area contributed by atoms with Gasteiger partial charge in [-0.3, -0.25) is 9.69 Å². The predicted molar refractivity (Wildman–Crippen MR) is 122 cm³/mol. The SMILES string of the molecule is Cc1ccc(C[C@@H]2S/C(=N/N=C\c3ccccc3)N(c3ccccc3)C2=O)cc1. The molecule has 4 rings (SSSR count). The number of amidine groups is 1. The molecule has 0 N–H and O–H groups in total. The maximum Gasteiger partial charge on any atom is 0.247 e.